The van der Waals surface area contributed by atoms with Gasteiger partial charge in [0.1, 0.15) is 0 Å². The van der Waals surface area contributed by atoms with E-state index in [2.05, 4.69) is 12.8 Å². The fraction of sp³-hybridized carbons (Fsp3) is 0. The van der Waals surface area contributed by atoms with Crippen molar-refractivity contribution in [2.45, 2.75) is 0 Å². The van der Waals surface area contributed by atoms with Gasteiger partial charge in [0, 0.05) is 0 Å². The average molecular weight is 111 g/mol. The van der Waals surface area contributed by atoms with Crippen molar-refractivity contribution in [1.29, 1.82) is 0 Å². The normalized spacial score (nSPS) is 1.50. The third-order valence-electron chi connectivity index (χ3n) is 0. The summed E-state index contributed by atoms with van der Waals surface area (Å²) in [6.45, 7) is 0. The molecule has 0 aromatic rings. The molecule has 0 saturated heterocycles. The maximum Gasteiger partial charge on any atom is 2.00 e. The van der Waals surface area contributed by atoms with Crippen LogP contribution in [0.4, 0.5) is 0 Å². The Hall–Kier alpha value is 0.543. The fourth-order valence-corrected chi connectivity index (χ4v) is 0. The topological polar surface area (TPSA) is 59.5 Å². The van der Waals surface area contributed by atoms with Crippen LogP contribution in [0.2, 0.25) is 0 Å². The molecule has 0 radical (unpaired) electrons. The molecule has 0 aliphatic carbocycles. The zero-order valence-electron chi connectivity index (χ0n) is 2.57. The Morgan fingerprint density at radius 3 is 1.25 bits per heavy atom. The van der Waals surface area contributed by atoms with Crippen molar-refractivity contribution in [2.75, 3.05) is 0 Å². The molecule has 22 valence electrons. The van der Waals surface area contributed by atoms with Crippen LogP contribution in [0, 0.1) is 7.05 Å². The predicted molar refractivity (Wildman–Crippen MR) is 14.8 cm³/mol. The van der Waals surface area contributed by atoms with Gasteiger partial charge >= 0.3 is 19.5 Å². The van der Waals surface area contributed by atoms with Gasteiger partial charge in [-0.3, -0.25) is 7.05 Å². The molecule has 4 heavy (non-hydrogen) atoms. The Morgan fingerprint density at radius 1 is 1.25 bits per heavy atom. The maximum atomic E-state index is 4.25. The molecule has 3 heteroatoms. The monoisotopic (exact) mass is 110 g/mol. The van der Waals surface area contributed by atoms with Gasteiger partial charge in [-0.1, -0.05) is 0 Å². The molecule has 0 heterocycles. The number of hydrogen-bond acceptors (Lipinski definition) is 1. The molecule has 2 nitrogen and oxygen atoms in total. The van der Waals surface area contributed by atoms with Crippen molar-refractivity contribution < 1.29 is 19.5 Å². The van der Waals surface area contributed by atoms with E-state index in [1.165, 1.54) is 0 Å². The van der Waals surface area contributed by atoms with Crippen LogP contribution in [0.15, 0.2) is 0 Å². The first-order chi connectivity index (χ1) is 1.00. The summed E-state index contributed by atoms with van der Waals surface area (Å²) in [6.07, 6.45) is 0. The summed E-state index contributed by atoms with van der Waals surface area (Å²) in [7, 11) is 2.75. The maximum absolute atomic E-state index is 4.25. The second-order valence-electron chi connectivity index (χ2n) is 0. The molecule has 0 rings (SSSR count). The van der Waals surface area contributed by atoms with Gasteiger partial charge in [-0.25, -0.2) is 0 Å². The van der Waals surface area contributed by atoms with Crippen LogP contribution in [0.25, 0.3) is 6.15 Å². The molecule has 0 bridgehead atoms. The van der Waals surface area contributed by atoms with E-state index in [4.69, 9.17) is 0 Å². The minimum absolute atomic E-state index is 0. The van der Waals surface area contributed by atoms with Gasteiger partial charge in [-0.15, -0.1) is 0 Å². The summed E-state index contributed by atoms with van der Waals surface area (Å²) >= 11 is 0. The average Bonchev–Trinajstić information content (AvgIpc) is 1.00. The first kappa shape index (κ1) is 23.9. The zero-order chi connectivity index (χ0) is 2.00. The summed E-state index contributed by atoms with van der Waals surface area (Å²) in [4.78, 5) is 0. The van der Waals surface area contributed by atoms with Crippen LogP contribution in [-0.4, -0.2) is 0 Å². The third-order valence-corrected chi connectivity index (χ3v) is 0. The van der Waals surface area contributed by atoms with Gasteiger partial charge in [0.25, 0.3) is 0 Å². The molecule has 0 unspecified atom stereocenters. The van der Waals surface area contributed by atoms with Crippen LogP contribution in [0.3, 0.4) is 0 Å². The van der Waals surface area contributed by atoms with E-state index in [9.17, 15) is 0 Å². The molecule has 0 aliphatic heterocycles. The van der Waals surface area contributed by atoms with Crippen molar-refractivity contribution >= 4 is 0 Å². The van der Waals surface area contributed by atoms with E-state index < -0.39 is 0 Å². The summed E-state index contributed by atoms with van der Waals surface area (Å²) in [5.41, 5.74) is 4.25. The van der Waals surface area contributed by atoms with E-state index in [1.54, 1.807) is 0 Å². The third kappa shape index (κ3) is 20.5. The molecule has 0 spiro atoms. The number of rotatable bonds is 0. The van der Waals surface area contributed by atoms with Crippen LogP contribution < -0.4 is 5.73 Å². The molecule has 4 N–H and O–H groups in total. The van der Waals surface area contributed by atoms with Crippen LogP contribution >= 0.6 is 0 Å². The molecule has 0 aromatic heterocycles. The first-order valence-corrected chi connectivity index (χ1v) is 0.408. The Labute approximate surface area is 39.1 Å². The summed E-state index contributed by atoms with van der Waals surface area (Å²) in [5, 5.41) is 0. The van der Waals surface area contributed by atoms with Crippen molar-refractivity contribution in [3.8, 4) is 0 Å². The van der Waals surface area contributed by atoms with Crippen molar-refractivity contribution in [1.82, 2.24) is 0 Å². The smallest absolute Gasteiger partial charge is 0.693 e. The van der Waals surface area contributed by atoms with Gasteiger partial charge in [-0.05, 0) is 0 Å². The quantitative estimate of drug-likeness (QED) is 0.358. The Bertz CT molecular complexity index is 6.00. The zero-order valence-corrected chi connectivity index (χ0v) is 5.54. The SMILES string of the molecule is [CH2-]N.[NH2-].[Zn+2]. The fourth-order valence-electron chi connectivity index (χ4n) is 0. The Balaban J connectivity index is -0.00000000500. The van der Waals surface area contributed by atoms with Crippen molar-refractivity contribution in [3.05, 3.63) is 13.2 Å². The standard InChI is InChI=1S/CH4N.H2N.Zn/c1-2;;/h1-2H2;1H2;/q2*-1;+2. The minimum Gasteiger partial charge on any atom is -0.693 e. The number of hydrogen-bond donors (Lipinski definition) is 1. The largest absolute Gasteiger partial charge is 2.00 e. The van der Waals surface area contributed by atoms with Crippen LogP contribution in [0.5, 0.6) is 0 Å². The summed E-state index contributed by atoms with van der Waals surface area (Å²) in [6, 6.07) is 0. The molecule has 0 amide bonds. The molecule has 0 fully saturated rings. The molecular weight excluding hydrogens is 105 g/mol. The Morgan fingerprint density at radius 2 is 1.25 bits per heavy atom. The first-order valence-electron chi connectivity index (χ1n) is 0.408. The van der Waals surface area contributed by atoms with Crippen LogP contribution in [-0.2, 0) is 19.5 Å². The van der Waals surface area contributed by atoms with E-state index in [0.717, 1.165) is 0 Å². The second kappa shape index (κ2) is 77.6. The van der Waals surface area contributed by atoms with E-state index in [1.807, 2.05) is 0 Å². The van der Waals surface area contributed by atoms with E-state index >= 15 is 0 Å². The van der Waals surface area contributed by atoms with Crippen molar-refractivity contribution in [2.24, 2.45) is 5.73 Å². The molecular formula is CH6N2Zn. The van der Waals surface area contributed by atoms with E-state index in [-0.39, 0.29) is 25.6 Å². The summed E-state index contributed by atoms with van der Waals surface area (Å²) < 4.78 is 0. The van der Waals surface area contributed by atoms with Gasteiger partial charge in [-0.2, -0.15) is 0 Å². The minimum atomic E-state index is 0. The molecule has 0 aromatic carbocycles. The number of nitrogens with two attached hydrogens (primary N) is 2. The molecule has 0 atom stereocenters. The van der Waals surface area contributed by atoms with Gasteiger partial charge in [0.15, 0.2) is 0 Å². The van der Waals surface area contributed by atoms with Gasteiger partial charge in [0.05, 0.1) is 0 Å². The van der Waals surface area contributed by atoms with E-state index in [0.29, 0.717) is 0 Å². The predicted octanol–water partition coefficient (Wildman–Crippen LogP) is 0.451. The molecule has 0 aliphatic rings. The molecule has 0 saturated carbocycles. The summed E-state index contributed by atoms with van der Waals surface area (Å²) in [5.74, 6) is 0. The van der Waals surface area contributed by atoms with Gasteiger partial charge < -0.3 is 11.9 Å². The second-order valence-corrected chi connectivity index (χ2v) is 0. The van der Waals surface area contributed by atoms with Crippen LogP contribution in [0.1, 0.15) is 0 Å². The Kier molecular flexibility index (Phi) is 465. The van der Waals surface area contributed by atoms with Crippen molar-refractivity contribution in [3.63, 3.8) is 0 Å². The van der Waals surface area contributed by atoms with Gasteiger partial charge in [0.2, 0.25) is 0 Å².